The second kappa shape index (κ2) is 5.98. The van der Waals surface area contributed by atoms with Crippen LogP contribution in [0.3, 0.4) is 0 Å². The smallest absolute Gasteiger partial charge is 0.142 e. The van der Waals surface area contributed by atoms with Crippen LogP contribution < -0.4 is 15.2 Å². The van der Waals surface area contributed by atoms with Crippen LogP contribution in [0.4, 0.5) is 5.69 Å². The van der Waals surface area contributed by atoms with E-state index in [2.05, 4.69) is 6.07 Å². The minimum Gasteiger partial charge on any atom is -0.497 e. The molecule has 0 atom stereocenters. The van der Waals surface area contributed by atoms with Crippen molar-refractivity contribution in [1.82, 2.24) is 0 Å². The summed E-state index contributed by atoms with van der Waals surface area (Å²) in [4.78, 5) is 0. The van der Waals surface area contributed by atoms with Crippen molar-refractivity contribution < 1.29 is 9.47 Å². The van der Waals surface area contributed by atoms with Gasteiger partial charge in [0.2, 0.25) is 0 Å². The molecule has 0 bridgehead atoms. The van der Waals surface area contributed by atoms with Crippen molar-refractivity contribution >= 4 is 5.69 Å². The van der Waals surface area contributed by atoms with E-state index >= 15 is 0 Å². The van der Waals surface area contributed by atoms with Gasteiger partial charge in [-0.15, -0.1) is 0 Å². The Morgan fingerprint density at radius 1 is 1.20 bits per heavy atom. The molecule has 0 saturated heterocycles. The Bertz CT molecular complexity index is 660. The van der Waals surface area contributed by atoms with Crippen molar-refractivity contribution in [2.75, 3.05) is 12.8 Å². The van der Waals surface area contributed by atoms with Gasteiger partial charge in [-0.2, -0.15) is 5.26 Å². The average Bonchev–Trinajstić information content (AvgIpc) is 2.46. The molecule has 0 amide bonds. The zero-order valence-electron chi connectivity index (χ0n) is 11.5. The number of aryl methyl sites for hydroxylation is 1. The highest BCUT2D eigenvalue weighted by Gasteiger charge is 2.05. The van der Waals surface area contributed by atoms with Crippen LogP contribution in [0.25, 0.3) is 0 Å². The quantitative estimate of drug-likeness (QED) is 0.865. The molecule has 0 heterocycles. The number of hydrogen-bond acceptors (Lipinski definition) is 4. The Balaban J connectivity index is 2.11. The van der Waals surface area contributed by atoms with E-state index in [0.29, 0.717) is 29.4 Å². The topological polar surface area (TPSA) is 68.3 Å². The number of nitrogens with zero attached hydrogens (tertiary/aromatic N) is 1. The van der Waals surface area contributed by atoms with Gasteiger partial charge in [-0.3, -0.25) is 0 Å². The van der Waals surface area contributed by atoms with Gasteiger partial charge in [-0.1, -0.05) is 6.07 Å². The lowest BCUT2D eigenvalue weighted by Gasteiger charge is -2.11. The van der Waals surface area contributed by atoms with E-state index < -0.39 is 0 Å². The number of benzene rings is 2. The summed E-state index contributed by atoms with van der Waals surface area (Å²) in [5.74, 6) is 1.32. The summed E-state index contributed by atoms with van der Waals surface area (Å²) in [6, 6.07) is 12.9. The normalized spacial score (nSPS) is 9.85. The molecule has 4 nitrogen and oxygen atoms in total. The lowest BCUT2D eigenvalue weighted by Crippen LogP contribution is -2.01. The van der Waals surface area contributed by atoms with Crippen LogP contribution in [0.15, 0.2) is 36.4 Å². The molecule has 0 aliphatic heterocycles. The van der Waals surface area contributed by atoms with Crippen molar-refractivity contribution in [2.24, 2.45) is 0 Å². The minimum absolute atomic E-state index is 0.411. The molecule has 0 saturated carbocycles. The number of nitrogens with two attached hydrogens (primary N) is 1. The molecule has 2 aromatic carbocycles. The molecule has 20 heavy (non-hydrogen) atoms. The summed E-state index contributed by atoms with van der Waals surface area (Å²) >= 11 is 0. The van der Waals surface area contributed by atoms with Crippen LogP contribution in [-0.4, -0.2) is 7.11 Å². The molecule has 2 aromatic rings. The SMILES string of the molecule is COc1ccc(OCc2ccc(C#N)cc2C)c(N)c1. The summed E-state index contributed by atoms with van der Waals surface area (Å²) in [6.45, 7) is 2.37. The molecular formula is C16H16N2O2. The largest absolute Gasteiger partial charge is 0.497 e. The summed E-state index contributed by atoms with van der Waals surface area (Å²) < 4.78 is 10.8. The van der Waals surface area contributed by atoms with Crippen LogP contribution in [0, 0.1) is 18.3 Å². The van der Waals surface area contributed by atoms with Crippen LogP contribution in [-0.2, 0) is 6.61 Å². The molecule has 0 radical (unpaired) electrons. The lowest BCUT2D eigenvalue weighted by atomic mass is 10.1. The van der Waals surface area contributed by atoms with Crippen molar-refractivity contribution in [3.05, 3.63) is 53.1 Å². The molecule has 0 fully saturated rings. The highest BCUT2D eigenvalue weighted by atomic mass is 16.5. The predicted octanol–water partition coefficient (Wildman–Crippen LogP) is 3.04. The van der Waals surface area contributed by atoms with Crippen molar-refractivity contribution in [3.8, 4) is 17.6 Å². The Labute approximate surface area is 118 Å². The molecule has 0 aliphatic carbocycles. The Morgan fingerprint density at radius 3 is 2.60 bits per heavy atom. The van der Waals surface area contributed by atoms with Gasteiger partial charge in [-0.05, 0) is 42.3 Å². The standard InChI is InChI=1S/C16H16N2O2/c1-11-7-12(9-17)3-4-13(11)10-20-16-6-5-14(19-2)8-15(16)18/h3-8H,10,18H2,1-2H3. The third-order valence-corrected chi connectivity index (χ3v) is 3.07. The molecule has 0 spiro atoms. The van der Waals surface area contributed by atoms with E-state index in [-0.39, 0.29) is 0 Å². The fourth-order valence-electron chi connectivity index (χ4n) is 1.87. The number of methoxy groups -OCH3 is 1. The third-order valence-electron chi connectivity index (χ3n) is 3.07. The van der Waals surface area contributed by atoms with Crippen molar-refractivity contribution in [1.29, 1.82) is 5.26 Å². The molecule has 0 aliphatic rings. The van der Waals surface area contributed by atoms with Gasteiger partial charge in [0, 0.05) is 6.07 Å². The molecule has 2 N–H and O–H groups in total. The van der Waals surface area contributed by atoms with E-state index in [0.717, 1.165) is 11.1 Å². The van der Waals surface area contributed by atoms with Crippen LogP contribution >= 0.6 is 0 Å². The highest BCUT2D eigenvalue weighted by Crippen LogP contribution is 2.27. The van der Waals surface area contributed by atoms with Gasteiger partial charge in [-0.25, -0.2) is 0 Å². The van der Waals surface area contributed by atoms with Crippen LogP contribution in [0.5, 0.6) is 11.5 Å². The first-order valence-electron chi connectivity index (χ1n) is 6.20. The molecule has 0 aromatic heterocycles. The van der Waals surface area contributed by atoms with E-state index in [1.165, 1.54) is 0 Å². The predicted molar refractivity (Wildman–Crippen MR) is 77.6 cm³/mol. The number of nitrogen functional groups attached to an aromatic ring is 1. The molecule has 2 rings (SSSR count). The van der Waals surface area contributed by atoms with Gasteiger partial charge in [0.15, 0.2) is 0 Å². The Kier molecular flexibility index (Phi) is 4.11. The van der Waals surface area contributed by atoms with Gasteiger partial charge in [0.1, 0.15) is 18.1 Å². The van der Waals surface area contributed by atoms with E-state index in [9.17, 15) is 0 Å². The number of hydrogen-bond donors (Lipinski definition) is 1. The van der Waals surface area contributed by atoms with Crippen LogP contribution in [0.2, 0.25) is 0 Å². The Hall–Kier alpha value is -2.67. The summed E-state index contributed by atoms with van der Waals surface area (Å²) in [7, 11) is 1.59. The summed E-state index contributed by atoms with van der Waals surface area (Å²) in [5, 5.41) is 8.84. The van der Waals surface area contributed by atoms with Crippen LogP contribution in [0.1, 0.15) is 16.7 Å². The average molecular weight is 268 g/mol. The monoisotopic (exact) mass is 268 g/mol. The van der Waals surface area contributed by atoms with Crippen molar-refractivity contribution in [2.45, 2.75) is 13.5 Å². The second-order valence-electron chi connectivity index (χ2n) is 4.45. The van der Waals surface area contributed by atoms with Gasteiger partial charge in [0.25, 0.3) is 0 Å². The maximum absolute atomic E-state index is 8.84. The zero-order chi connectivity index (χ0) is 14.5. The number of anilines is 1. The summed E-state index contributed by atoms with van der Waals surface area (Å²) in [5.41, 5.74) is 9.13. The number of ether oxygens (including phenoxy) is 2. The first-order chi connectivity index (χ1) is 9.63. The maximum Gasteiger partial charge on any atom is 0.142 e. The van der Waals surface area contributed by atoms with Gasteiger partial charge in [0.05, 0.1) is 24.4 Å². The second-order valence-corrected chi connectivity index (χ2v) is 4.45. The third kappa shape index (κ3) is 3.01. The maximum atomic E-state index is 8.84. The molecule has 4 heteroatoms. The first kappa shape index (κ1) is 13.8. The lowest BCUT2D eigenvalue weighted by molar-refractivity contribution is 0.306. The molecular weight excluding hydrogens is 252 g/mol. The minimum atomic E-state index is 0.411. The first-order valence-corrected chi connectivity index (χ1v) is 6.20. The fraction of sp³-hybridized carbons (Fsp3) is 0.188. The zero-order valence-corrected chi connectivity index (χ0v) is 11.5. The van der Waals surface area contributed by atoms with Gasteiger partial charge >= 0.3 is 0 Å². The van der Waals surface area contributed by atoms with Gasteiger partial charge < -0.3 is 15.2 Å². The Morgan fingerprint density at radius 2 is 2.00 bits per heavy atom. The van der Waals surface area contributed by atoms with E-state index in [1.54, 1.807) is 31.4 Å². The number of nitriles is 1. The summed E-state index contributed by atoms with van der Waals surface area (Å²) in [6.07, 6.45) is 0. The molecule has 102 valence electrons. The highest BCUT2D eigenvalue weighted by molar-refractivity contribution is 5.56. The fourth-order valence-corrected chi connectivity index (χ4v) is 1.87. The molecule has 0 unspecified atom stereocenters. The van der Waals surface area contributed by atoms with Crippen molar-refractivity contribution in [3.63, 3.8) is 0 Å². The van der Waals surface area contributed by atoms with E-state index in [1.807, 2.05) is 19.1 Å². The van der Waals surface area contributed by atoms with E-state index in [4.69, 9.17) is 20.5 Å². The number of rotatable bonds is 4.